The summed E-state index contributed by atoms with van der Waals surface area (Å²) in [5.41, 5.74) is 3.41. The van der Waals surface area contributed by atoms with Crippen LogP contribution in [0.3, 0.4) is 0 Å². The summed E-state index contributed by atoms with van der Waals surface area (Å²) in [4.78, 5) is 33.7. The molecule has 3 aromatic rings. The Kier molecular flexibility index (Phi) is 6.23. The van der Waals surface area contributed by atoms with Crippen molar-refractivity contribution in [3.63, 3.8) is 0 Å². The normalized spacial score (nSPS) is 10.7. The van der Waals surface area contributed by atoms with Crippen molar-refractivity contribution in [3.8, 4) is 11.3 Å². The summed E-state index contributed by atoms with van der Waals surface area (Å²) in [6.45, 7) is 1.37. The summed E-state index contributed by atoms with van der Waals surface area (Å²) < 4.78 is 5.58. The van der Waals surface area contributed by atoms with Gasteiger partial charge in [0.25, 0.3) is 11.6 Å². The van der Waals surface area contributed by atoms with E-state index in [1.165, 1.54) is 31.3 Å². The Labute approximate surface area is 175 Å². The summed E-state index contributed by atoms with van der Waals surface area (Å²) in [7, 11) is 0. The second-order valence-corrected chi connectivity index (χ2v) is 6.49. The van der Waals surface area contributed by atoms with Crippen LogP contribution in [0.2, 0.25) is 5.02 Å². The highest BCUT2D eigenvalue weighted by Crippen LogP contribution is 2.31. The number of furan rings is 1. The molecule has 1 heterocycles. The lowest BCUT2D eigenvalue weighted by Gasteiger charge is -2.04. The fourth-order valence-electron chi connectivity index (χ4n) is 2.54. The highest BCUT2D eigenvalue weighted by Gasteiger charge is 2.15. The van der Waals surface area contributed by atoms with Crippen LogP contribution >= 0.6 is 11.6 Å². The van der Waals surface area contributed by atoms with Gasteiger partial charge in [0.15, 0.2) is 0 Å². The van der Waals surface area contributed by atoms with E-state index in [9.17, 15) is 19.7 Å². The van der Waals surface area contributed by atoms with Gasteiger partial charge in [-0.2, -0.15) is 5.10 Å². The van der Waals surface area contributed by atoms with Crippen molar-refractivity contribution in [1.82, 2.24) is 5.43 Å². The second kappa shape index (κ2) is 9.01. The van der Waals surface area contributed by atoms with Crippen molar-refractivity contribution < 1.29 is 18.9 Å². The van der Waals surface area contributed by atoms with Gasteiger partial charge in [0.05, 0.1) is 11.1 Å². The van der Waals surface area contributed by atoms with E-state index in [0.717, 1.165) is 0 Å². The monoisotopic (exact) mass is 426 g/mol. The van der Waals surface area contributed by atoms with Gasteiger partial charge >= 0.3 is 0 Å². The summed E-state index contributed by atoms with van der Waals surface area (Å²) in [6.07, 6.45) is 1.30. The minimum absolute atomic E-state index is 0.0300. The Morgan fingerprint density at radius 1 is 1.17 bits per heavy atom. The van der Waals surface area contributed by atoms with Gasteiger partial charge in [-0.3, -0.25) is 19.7 Å². The Balaban J connectivity index is 1.68. The number of carbonyl (C=O) groups excluding carboxylic acids is 2. The van der Waals surface area contributed by atoms with E-state index in [2.05, 4.69) is 15.8 Å². The van der Waals surface area contributed by atoms with E-state index in [4.69, 9.17) is 16.0 Å². The summed E-state index contributed by atoms with van der Waals surface area (Å²) in [5, 5.41) is 17.5. The molecule has 1 aromatic heterocycles. The lowest BCUT2D eigenvalue weighted by atomic mass is 10.1. The predicted octanol–water partition coefficient (Wildman–Crippen LogP) is 4.23. The minimum atomic E-state index is -0.576. The van der Waals surface area contributed by atoms with E-state index in [-0.39, 0.29) is 16.6 Å². The maximum Gasteiger partial charge on any atom is 0.288 e. The van der Waals surface area contributed by atoms with E-state index in [1.807, 2.05) is 0 Å². The molecule has 0 aliphatic carbocycles. The number of hydrogen-bond acceptors (Lipinski definition) is 6. The third-order valence-electron chi connectivity index (χ3n) is 3.86. The highest BCUT2D eigenvalue weighted by atomic mass is 35.5. The summed E-state index contributed by atoms with van der Waals surface area (Å²) in [6, 6.07) is 13.9. The number of nitrogens with one attached hydrogen (secondary N) is 2. The molecule has 10 heteroatoms. The topological polar surface area (TPSA) is 127 Å². The zero-order chi connectivity index (χ0) is 21.7. The van der Waals surface area contributed by atoms with Gasteiger partial charge in [0.2, 0.25) is 5.91 Å². The molecule has 2 amide bonds. The SMILES string of the molecule is CC(=O)Nc1cccc(C(=O)NN=Cc2ccc(-c3ccc(Cl)c([N+](=O)[O-])c3)o2)c1. The van der Waals surface area contributed by atoms with Crippen molar-refractivity contribution in [3.05, 3.63) is 81.1 Å². The third-order valence-corrected chi connectivity index (χ3v) is 4.18. The smallest absolute Gasteiger partial charge is 0.288 e. The maximum absolute atomic E-state index is 12.2. The molecule has 0 aliphatic rings. The Morgan fingerprint density at radius 2 is 1.97 bits per heavy atom. The lowest BCUT2D eigenvalue weighted by Crippen LogP contribution is -2.18. The number of rotatable bonds is 6. The molecule has 0 saturated carbocycles. The van der Waals surface area contributed by atoms with Gasteiger partial charge < -0.3 is 9.73 Å². The van der Waals surface area contributed by atoms with Gasteiger partial charge in [-0.25, -0.2) is 5.43 Å². The molecule has 0 saturated heterocycles. The molecule has 2 aromatic carbocycles. The zero-order valence-corrected chi connectivity index (χ0v) is 16.3. The first-order chi connectivity index (χ1) is 14.3. The van der Waals surface area contributed by atoms with E-state index < -0.39 is 10.8 Å². The van der Waals surface area contributed by atoms with Crippen molar-refractivity contribution in [1.29, 1.82) is 0 Å². The Bertz CT molecular complexity index is 1160. The van der Waals surface area contributed by atoms with Gasteiger partial charge in [0.1, 0.15) is 16.5 Å². The zero-order valence-electron chi connectivity index (χ0n) is 15.6. The standard InChI is InChI=1S/C20H15ClN4O5/c1-12(26)23-15-4-2-3-14(9-15)20(27)24-22-11-16-6-8-19(30-16)13-5-7-17(21)18(10-13)25(28)29/h2-11H,1H3,(H,23,26)(H,24,27). The number of hydrazone groups is 1. The molecule has 152 valence electrons. The van der Waals surface area contributed by atoms with Crippen LogP contribution < -0.4 is 10.7 Å². The molecule has 30 heavy (non-hydrogen) atoms. The fourth-order valence-corrected chi connectivity index (χ4v) is 2.73. The molecule has 2 N–H and O–H groups in total. The van der Waals surface area contributed by atoms with Crippen LogP contribution in [0.1, 0.15) is 23.0 Å². The van der Waals surface area contributed by atoms with E-state index >= 15 is 0 Å². The molecule has 0 atom stereocenters. The first kappa shape index (κ1) is 20.7. The molecule has 0 bridgehead atoms. The third kappa shape index (κ3) is 5.09. The predicted molar refractivity (Wildman–Crippen MR) is 112 cm³/mol. The maximum atomic E-state index is 12.2. The van der Waals surface area contributed by atoms with Crippen LogP contribution in [-0.2, 0) is 4.79 Å². The van der Waals surface area contributed by atoms with E-state index in [0.29, 0.717) is 28.3 Å². The van der Waals surface area contributed by atoms with E-state index in [1.54, 1.807) is 36.4 Å². The lowest BCUT2D eigenvalue weighted by molar-refractivity contribution is -0.384. The number of nitro benzene ring substituents is 1. The number of anilines is 1. The first-order valence-electron chi connectivity index (χ1n) is 8.58. The second-order valence-electron chi connectivity index (χ2n) is 6.09. The van der Waals surface area contributed by atoms with Crippen LogP contribution in [0, 0.1) is 10.1 Å². The summed E-state index contributed by atoms with van der Waals surface area (Å²) >= 11 is 5.81. The Morgan fingerprint density at radius 3 is 2.70 bits per heavy atom. The number of amides is 2. The van der Waals surface area contributed by atoms with Crippen LogP contribution in [0.5, 0.6) is 0 Å². The van der Waals surface area contributed by atoms with Crippen molar-refractivity contribution in [2.24, 2.45) is 5.10 Å². The van der Waals surface area contributed by atoms with Gasteiger partial charge in [-0.15, -0.1) is 0 Å². The van der Waals surface area contributed by atoms with Crippen molar-refractivity contribution in [2.75, 3.05) is 5.32 Å². The molecule has 3 rings (SSSR count). The van der Waals surface area contributed by atoms with Crippen LogP contribution in [-0.4, -0.2) is 23.0 Å². The average molecular weight is 427 g/mol. The van der Waals surface area contributed by atoms with Gasteiger partial charge in [0, 0.05) is 29.8 Å². The largest absolute Gasteiger partial charge is 0.455 e. The number of nitrogens with zero attached hydrogens (tertiary/aromatic N) is 2. The molecule has 0 aliphatic heterocycles. The highest BCUT2D eigenvalue weighted by molar-refractivity contribution is 6.32. The summed E-state index contributed by atoms with van der Waals surface area (Å²) in [5.74, 6) is -0.00997. The van der Waals surface area contributed by atoms with Gasteiger partial charge in [-0.05, 0) is 42.5 Å². The minimum Gasteiger partial charge on any atom is -0.455 e. The molecular formula is C20H15ClN4O5. The van der Waals surface area contributed by atoms with Crippen LogP contribution in [0.25, 0.3) is 11.3 Å². The molecule has 9 nitrogen and oxygen atoms in total. The van der Waals surface area contributed by atoms with Crippen LogP contribution in [0.15, 0.2) is 64.1 Å². The quantitative estimate of drug-likeness (QED) is 0.346. The fraction of sp³-hybridized carbons (Fsp3) is 0.0500. The van der Waals surface area contributed by atoms with Crippen molar-refractivity contribution >= 4 is 41.0 Å². The Hall–Kier alpha value is -3.98. The number of hydrogen-bond donors (Lipinski definition) is 2. The van der Waals surface area contributed by atoms with Crippen molar-refractivity contribution in [2.45, 2.75) is 6.92 Å². The number of carbonyl (C=O) groups is 2. The first-order valence-corrected chi connectivity index (χ1v) is 8.96. The molecule has 0 radical (unpaired) electrons. The number of halogens is 1. The van der Waals surface area contributed by atoms with Crippen LogP contribution in [0.4, 0.5) is 11.4 Å². The molecule has 0 fully saturated rings. The van der Waals surface area contributed by atoms with Gasteiger partial charge in [-0.1, -0.05) is 17.7 Å². The number of benzene rings is 2. The molecular weight excluding hydrogens is 412 g/mol. The number of nitro groups is 1. The average Bonchev–Trinajstić information content (AvgIpc) is 3.16. The molecule has 0 unspecified atom stereocenters. The molecule has 0 spiro atoms.